The molecule has 0 fully saturated rings. The largest absolute Gasteiger partial charge is 0.497 e. The van der Waals surface area contributed by atoms with E-state index in [2.05, 4.69) is 29.2 Å². The normalized spacial score (nSPS) is 12.2. The third-order valence-corrected chi connectivity index (χ3v) is 5.73. The molecule has 0 spiro atoms. The second-order valence-electron chi connectivity index (χ2n) is 7.42. The van der Waals surface area contributed by atoms with Crippen molar-refractivity contribution in [1.29, 1.82) is 0 Å². The minimum Gasteiger partial charge on any atom is -0.497 e. The Morgan fingerprint density at radius 1 is 1.10 bits per heavy atom. The van der Waals surface area contributed by atoms with E-state index in [9.17, 15) is 4.79 Å². The lowest BCUT2D eigenvalue weighted by Gasteiger charge is -2.18. The summed E-state index contributed by atoms with van der Waals surface area (Å²) in [6.07, 6.45) is -0.692. The molecule has 2 aromatic heterocycles. The van der Waals surface area contributed by atoms with Crippen LogP contribution in [0.3, 0.4) is 0 Å². The van der Waals surface area contributed by atoms with E-state index in [1.54, 1.807) is 18.5 Å². The predicted octanol–water partition coefficient (Wildman–Crippen LogP) is 5.00. The Hall–Kier alpha value is -3.39. The molecule has 4 rings (SSSR count). The number of para-hydroxylation sites is 1. The van der Waals surface area contributed by atoms with Crippen molar-refractivity contribution in [1.82, 2.24) is 14.6 Å². The maximum absolute atomic E-state index is 12.7. The highest BCUT2D eigenvalue weighted by Gasteiger charge is 2.20. The highest BCUT2D eigenvalue weighted by Crippen LogP contribution is 2.28. The standard InChI is InChI=1S/C23H24N4O3S/c1-14(2)18-7-5-6-8-20(18)30-15(3)21(28)24-22-25-23-27(26-22)19(13-31-23)16-9-11-17(29-4)12-10-16/h5-15H,1-4H3,(H,24,26,28). The number of amides is 1. The number of methoxy groups -OCH3 is 1. The van der Waals surface area contributed by atoms with Gasteiger partial charge < -0.3 is 9.47 Å². The lowest BCUT2D eigenvalue weighted by atomic mass is 10.0. The van der Waals surface area contributed by atoms with E-state index in [1.165, 1.54) is 11.3 Å². The maximum atomic E-state index is 12.7. The summed E-state index contributed by atoms with van der Waals surface area (Å²) < 4.78 is 12.9. The third-order valence-electron chi connectivity index (χ3n) is 4.92. The second-order valence-corrected chi connectivity index (χ2v) is 8.26. The lowest BCUT2D eigenvalue weighted by molar-refractivity contribution is -0.122. The van der Waals surface area contributed by atoms with Crippen LogP contribution in [0.5, 0.6) is 11.5 Å². The molecule has 0 aliphatic heterocycles. The highest BCUT2D eigenvalue weighted by molar-refractivity contribution is 7.15. The number of fused-ring (bicyclic) bond motifs is 1. The molecule has 2 heterocycles. The van der Waals surface area contributed by atoms with E-state index < -0.39 is 6.10 Å². The van der Waals surface area contributed by atoms with Gasteiger partial charge in [0.2, 0.25) is 4.96 Å². The summed E-state index contributed by atoms with van der Waals surface area (Å²) in [6, 6.07) is 15.5. The number of carbonyl (C=O) groups excluding carboxylic acids is 1. The van der Waals surface area contributed by atoms with Crippen molar-refractivity contribution in [2.45, 2.75) is 32.8 Å². The first-order valence-electron chi connectivity index (χ1n) is 10.0. The zero-order chi connectivity index (χ0) is 22.0. The number of aromatic nitrogens is 3. The van der Waals surface area contributed by atoms with E-state index in [4.69, 9.17) is 9.47 Å². The number of thiazole rings is 1. The van der Waals surface area contributed by atoms with Crippen molar-refractivity contribution in [3.63, 3.8) is 0 Å². The van der Waals surface area contributed by atoms with E-state index >= 15 is 0 Å². The number of nitrogens with zero attached hydrogens (tertiary/aromatic N) is 3. The van der Waals surface area contributed by atoms with Crippen LogP contribution in [-0.4, -0.2) is 33.7 Å². The number of benzene rings is 2. The minimum atomic E-state index is -0.692. The molecular formula is C23H24N4O3S. The number of rotatable bonds is 7. The molecule has 0 bridgehead atoms. The van der Waals surface area contributed by atoms with Crippen LogP contribution in [0.4, 0.5) is 5.95 Å². The Labute approximate surface area is 184 Å². The number of anilines is 1. The molecule has 160 valence electrons. The molecule has 8 heteroatoms. The van der Waals surface area contributed by atoms with Crippen molar-refractivity contribution in [2.75, 3.05) is 12.4 Å². The molecule has 31 heavy (non-hydrogen) atoms. The predicted molar refractivity (Wildman–Crippen MR) is 122 cm³/mol. The number of nitrogens with one attached hydrogen (secondary N) is 1. The van der Waals surface area contributed by atoms with Crippen LogP contribution < -0.4 is 14.8 Å². The quantitative estimate of drug-likeness (QED) is 0.441. The molecule has 0 saturated carbocycles. The van der Waals surface area contributed by atoms with Crippen LogP contribution in [0, 0.1) is 0 Å². The zero-order valence-corrected chi connectivity index (χ0v) is 18.6. The molecule has 1 unspecified atom stereocenters. The van der Waals surface area contributed by atoms with Crippen LogP contribution >= 0.6 is 11.3 Å². The van der Waals surface area contributed by atoms with Gasteiger partial charge in [-0.15, -0.1) is 16.4 Å². The van der Waals surface area contributed by atoms with Gasteiger partial charge in [-0.05, 0) is 48.7 Å². The fraction of sp³-hybridized carbons (Fsp3) is 0.261. The monoisotopic (exact) mass is 436 g/mol. The Morgan fingerprint density at radius 3 is 2.55 bits per heavy atom. The summed E-state index contributed by atoms with van der Waals surface area (Å²) in [4.78, 5) is 17.8. The van der Waals surface area contributed by atoms with Gasteiger partial charge in [-0.3, -0.25) is 10.1 Å². The van der Waals surface area contributed by atoms with Gasteiger partial charge >= 0.3 is 0 Å². The topological polar surface area (TPSA) is 77.8 Å². The molecule has 4 aromatic rings. The molecule has 0 aliphatic rings. The summed E-state index contributed by atoms with van der Waals surface area (Å²) >= 11 is 1.46. The number of hydrogen-bond donors (Lipinski definition) is 1. The summed E-state index contributed by atoms with van der Waals surface area (Å²) in [7, 11) is 1.64. The van der Waals surface area contributed by atoms with Gasteiger partial charge in [0, 0.05) is 10.9 Å². The Bertz CT molecular complexity index is 1200. The van der Waals surface area contributed by atoms with Crippen LogP contribution in [0.15, 0.2) is 53.9 Å². The smallest absolute Gasteiger partial charge is 0.267 e. The molecule has 7 nitrogen and oxygen atoms in total. The average molecular weight is 437 g/mol. The zero-order valence-electron chi connectivity index (χ0n) is 17.8. The van der Waals surface area contributed by atoms with Crippen molar-refractivity contribution in [3.05, 3.63) is 59.5 Å². The summed E-state index contributed by atoms with van der Waals surface area (Å²) in [5.41, 5.74) is 2.94. The number of carbonyl (C=O) groups is 1. The van der Waals surface area contributed by atoms with Gasteiger partial charge in [0.05, 0.1) is 12.8 Å². The van der Waals surface area contributed by atoms with Gasteiger partial charge in [0.15, 0.2) is 6.10 Å². The van der Waals surface area contributed by atoms with Crippen LogP contribution in [0.2, 0.25) is 0 Å². The molecule has 1 amide bonds. The van der Waals surface area contributed by atoms with Crippen molar-refractivity contribution >= 4 is 28.2 Å². The van der Waals surface area contributed by atoms with Gasteiger partial charge in [0.25, 0.3) is 11.9 Å². The first kappa shape index (κ1) is 20.9. The second kappa shape index (κ2) is 8.77. The SMILES string of the molecule is COc1ccc(-c2csc3nc(NC(=O)C(C)Oc4ccccc4C(C)C)nn23)cc1. The van der Waals surface area contributed by atoms with E-state index in [-0.39, 0.29) is 11.9 Å². The number of hydrogen-bond acceptors (Lipinski definition) is 6. The first-order valence-corrected chi connectivity index (χ1v) is 10.9. The Kier molecular flexibility index (Phi) is 5.90. The van der Waals surface area contributed by atoms with Gasteiger partial charge in [0.1, 0.15) is 11.5 Å². The molecule has 1 atom stereocenters. The molecule has 2 aromatic carbocycles. The maximum Gasteiger partial charge on any atom is 0.267 e. The van der Waals surface area contributed by atoms with Gasteiger partial charge in [-0.2, -0.15) is 4.98 Å². The highest BCUT2D eigenvalue weighted by atomic mass is 32.1. The van der Waals surface area contributed by atoms with Gasteiger partial charge in [-0.1, -0.05) is 32.0 Å². The summed E-state index contributed by atoms with van der Waals surface area (Å²) in [6.45, 7) is 5.90. The fourth-order valence-corrected chi connectivity index (χ4v) is 4.05. The van der Waals surface area contributed by atoms with Gasteiger partial charge in [-0.25, -0.2) is 4.52 Å². The lowest BCUT2D eigenvalue weighted by Crippen LogP contribution is -2.31. The van der Waals surface area contributed by atoms with E-state index in [0.717, 1.165) is 22.6 Å². The van der Waals surface area contributed by atoms with E-state index in [1.807, 2.05) is 53.9 Å². The molecular weight excluding hydrogens is 412 g/mol. The number of ether oxygens (including phenoxy) is 2. The average Bonchev–Trinajstić information content (AvgIpc) is 3.34. The molecule has 0 radical (unpaired) electrons. The third kappa shape index (κ3) is 4.39. The molecule has 0 aliphatic carbocycles. The van der Waals surface area contributed by atoms with Crippen molar-refractivity contribution in [3.8, 4) is 22.8 Å². The van der Waals surface area contributed by atoms with Crippen molar-refractivity contribution < 1.29 is 14.3 Å². The van der Waals surface area contributed by atoms with Crippen LogP contribution in [-0.2, 0) is 4.79 Å². The summed E-state index contributed by atoms with van der Waals surface area (Å²) in [5, 5.41) is 9.21. The van der Waals surface area contributed by atoms with Crippen LogP contribution in [0.25, 0.3) is 16.2 Å². The first-order chi connectivity index (χ1) is 15.0. The Morgan fingerprint density at radius 2 is 1.84 bits per heavy atom. The molecule has 0 saturated heterocycles. The van der Waals surface area contributed by atoms with E-state index in [0.29, 0.717) is 16.6 Å². The van der Waals surface area contributed by atoms with Crippen LogP contribution in [0.1, 0.15) is 32.3 Å². The Balaban J connectivity index is 1.49. The summed E-state index contributed by atoms with van der Waals surface area (Å²) in [5.74, 6) is 1.74. The molecule has 1 N–H and O–H groups in total. The fourth-order valence-electron chi connectivity index (χ4n) is 3.22. The van der Waals surface area contributed by atoms with Crippen molar-refractivity contribution in [2.24, 2.45) is 0 Å². The minimum absolute atomic E-state index is 0.249.